The van der Waals surface area contributed by atoms with Crippen LogP contribution in [0, 0.1) is 18.8 Å². The van der Waals surface area contributed by atoms with Crippen molar-refractivity contribution in [3.8, 4) is 0 Å². The second kappa shape index (κ2) is 4.01. The molecule has 1 aromatic rings. The van der Waals surface area contributed by atoms with Gasteiger partial charge in [0.1, 0.15) is 5.78 Å². The number of Topliss-reactive ketones (excluding diaryl/α,β-unsaturated/α-hetero) is 1. The minimum atomic E-state index is 0.159. The van der Waals surface area contributed by atoms with Crippen LogP contribution in [0.15, 0.2) is 36.4 Å². The normalized spacial score (nSPS) is 16.4. The zero-order valence-electron chi connectivity index (χ0n) is 9.23. The summed E-state index contributed by atoms with van der Waals surface area (Å²) in [4.78, 5) is 11.5. The van der Waals surface area contributed by atoms with Gasteiger partial charge in [0, 0.05) is 11.8 Å². The lowest BCUT2D eigenvalue weighted by Crippen LogP contribution is -2.16. The maximum atomic E-state index is 11.5. The Morgan fingerprint density at radius 3 is 2.67 bits per heavy atom. The Balaban J connectivity index is 2.08. The van der Waals surface area contributed by atoms with Crippen molar-refractivity contribution in [1.82, 2.24) is 0 Å². The van der Waals surface area contributed by atoms with Gasteiger partial charge in [0.15, 0.2) is 0 Å². The molecule has 0 amide bonds. The van der Waals surface area contributed by atoms with Crippen molar-refractivity contribution in [2.45, 2.75) is 20.3 Å². The third-order valence-corrected chi connectivity index (χ3v) is 2.94. The van der Waals surface area contributed by atoms with Crippen molar-refractivity contribution in [1.29, 1.82) is 0 Å². The number of carbonyl (C=O) groups is 1. The van der Waals surface area contributed by atoms with Crippen LogP contribution in [0.2, 0.25) is 0 Å². The SMILES string of the molecule is CC(=O)[C@H](Cc1cccc(C)c1)C1C=C1. The fourth-order valence-corrected chi connectivity index (χ4v) is 1.98. The van der Waals surface area contributed by atoms with Crippen LogP contribution in [0.4, 0.5) is 0 Å². The van der Waals surface area contributed by atoms with Gasteiger partial charge in [-0.15, -0.1) is 0 Å². The molecule has 0 radical (unpaired) electrons. The number of allylic oxidation sites excluding steroid dienone is 2. The van der Waals surface area contributed by atoms with E-state index in [0.717, 1.165) is 6.42 Å². The highest BCUT2D eigenvalue weighted by Crippen LogP contribution is 2.29. The predicted molar refractivity (Wildman–Crippen MR) is 61.7 cm³/mol. The molecule has 0 aliphatic heterocycles. The zero-order chi connectivity index (χ0) is 10.8. The van der Waals surface area contributed by atoms with Crippen molar-refractivity contribution in [2.24, 2.45) is 11.8 Å². The molecule has 0 saturated heterocycles. The third-order valence-electron chi connectivity index (χ3n) is 2.94. The Labute approximate surface area is 90.8 Å². The number of aryl methyl sites for hydroxylation is 1. The molecule has 0 saturated carbocycles. The summed E-state index contributed by atoms with van der Waals surface area (Å²) in [5.74, 6) is 0.876. The number of rotatable bonds is 4. The van der Waals surface area contributed by atoms with Crippen molar-refractivity contribution in [3.63, 3.8) is 0 Å². The van der Waals surface area contributed by atoms with E-state index in [0.29, 0.717) is 11.7 Å². The Morgan fingerprint density at radius 1 is 1.40 bits per heavy atom. The highest BCUT2D eigenvalue weighted by Gasteiger charge is 2.27. The molecule has 0 unspecified atom stereocenters. The average molecular weight is 200 g/mol. The highest BCUT2D eigenvalue weighted by atomic mass is 16.1. The van der Waals surface area contributed by atoms with Gasteiger partial charge >= 0.3 is 0 Å². The van der Waals surface area contributed by atoms with Gasteiger partial charge in [-0.05, 0) is 25.8 Å². The first kappa shape index (κ1) is 10.2. The van der Waals surface area contributed by atoms with Crippen LogP contribution in [-0.4, -0.2) is 5.78 Å². The molecule has 1 aliphatic carbocycles. The summed E-state index contributed by atoms with van der Waals surface area (Å²) >= 11 is 0. The molecular formula is C14H16O. The Hall–Kier alpha value is -1.37. The van der Waals surface area contributed by atoms with Crippen LogP contribution in [-0.2, 0) is 11.2 Å². The highest BCUT2D eigenvalue weighted by molar-refractivity contribution is 5.80. The first-order chi connectivity index (χ1) is 7.16. The lowest BCUT2D eigenvalue weighted by Gasteiger charge is -2.13. The van der Waals surface area contributed by atoms with Gasteiger partial charge in [-0.2, -0.15) is 0 Å². The topological polar surface area (TPSA) is 17.1 Å². The predicted octanol–water partition coefficient (Wildman–Crippen LogP) is 2.93. The molecule has 1 aliphatic rings. The lowest BCUT2D eigenvalue weighted by molar-refractivity contribution is -0.121. The number of ketones is 1. The van der Waals surface area contributed by atoms with Crippen LogP contribution in [0.5, 0.6) is 0 Å². The van der Waals surface area contributed by atoms with E-state index >= 15 is 0 Å². The number of carbonyl (C=O) groups excluding carboxylic acids is 1. The van der Waals surface area contributed by atoms with Crippen molar-refractivity contribution >= 4 is 5.78 Å². The quantitative estimate of drug-likeness (QED) is 0.683. The van der Waals surface area contributed by atoms with E-state index in [2.05, 4.69) is 43.3 Å². The summed E-state index contributed by atoms with van der Waals surface area (Å²) < 4.78 is 0. The average Bonchev–Trinajstić information content (AvgIpc) is 2.97. The lowest BCUT2D eigenvalue weighted by atomic mass is 9.90. The summed E-state index contributed by atoms with van der Waals surface area (Å²) in [6, 6.07) is 8.41. The summed E-state index contributed by atoms with van der Waals surface area (Å²) in [6.45, 7) is 3.78. The van der Waals surface area contributed by atoms with Crippen LogP contribution < -0.4 is 0 Å². The molecule has 0 heterocycles. The van der Waals surface area contributed by atoms with Crippen molar-refractivity contribution in [2.75, 3.05) is 0 Å². The zero-order valence-corrected chi connectivity index (χ0v) is 9.23. The molecule has 78 valence electrons. The number of benzene rings is 1. The van der Waals surface area contributed by atoms with Crippen LogP contribution in [0.25, 0.3) is 0 Å². The van der Waals surface area contributed by atoms with Crippen molar-refractivity contribution < 1.29 is 4.79 Å². The van der Waals surface area contributed by atoms with Gasteiger partial charge in [-0.25, -0.2) is 0 Å². The fourth-order valence-electron chi connectivity index (χ4n) is 1.98. The molecule has 0 spiro atoms. The summed E-state index contributed by atoms with van der Waals surface area (Å²) in [5, 5.41) is 0. The fraction of sp³-hybridized carbons (Fsp3) is 0.357. The van der Waals surface area contributed by atoms with Crippen molar-refractivity contribution in [3.05, 3.63) is 47.5 Å². The van der Waals surface area contributed by atoms with E-state index in [4.69, 9.17) is 0 Å². The Kier molecular flexibility index (Phi) is 2.72. The maximum absolute atomic E-state index is 11.5. The minimum Gasteiger partial charge on any atom is -0.300 e. The van der Waals surface area contributed by atoms with Gasteiger partial charge in [0.2, 0.25) is 0 Å². The van der Waals surface area contributed by atoms with E-state index in [9.17, 15) is 4.79 Å². The Bertz CT molecular complexity index is 398. The first-order valence-electron chi connectivity index (χ1n) is 5.41. The Morgan fingerprint density at radius 2 is 2.13 bits per heavy atom. The molecule has 1 atom stereocenters. The number of hydrogen-bond donors (Lipinski definition) is 0. The van der Waals surface area contributed by atoms with E-state index in [1.165, 1.54) is 11.1 Å². The second-order valence-electron chi connectivity index (χ2n) is 4.37. The van der Waals surface area contributed by atoms with E-state index in [1.54, 1.807) is 6.92 Å². The van der Waals surface area contributed by atoms with Crippen LogP contribution in [0.1, 0.15) is 18.1 Å². The van der Waals surface area contributed by atoms with Gasteiger partial charge in [-0.1, -0.05) is 42.0 Å². The molecule has 0 N–H and O–H groups in total. The molecule has 1 aromatic carbocycles. The molecule has 1 nitrogen and oxygen atoms in total. The van der Waals surface area contributed by atoms with E-state index in [-0.39, 0.29) is 5.92 Å². The summed E-state index contributed by atoms with van der Waals surface area (Å²) in [5.41, 5.74) is 2.53. The summed E-state index contributed by atoms with van der Waals surface area (Å²) in [6.07, 6.45) is 5.10. The van der Waals surface area contributed by atoms with Gasteiger partial charge in [-0.3, -0.25) is 4.79 Å². The molecular weight excluding hydrogens is 184 g/mol. The minimum absolute atomic E-state index is 0.159. The standard InChI is InChI=1S/C14H16O/c1-10-4-3-5-12(8-10)9-14(11(2)15)13-6-7-13/h3-8,13-14H,9H2,1-2H3/t14-/m0/s1. The van der Waals surface area contributed by atoms with E-state index < -0.39 is 0 Å². The number of hydrogen-bond acceptors (Lipinski definition) is 1. The smallest absolute Gasteiger partial charge is 0.134 e. The third kappa shape index (κ3) is 2.56. The molecule has 0 bridgehead atoms. The molecule has 1 heteroatoms. The molecule has 0 aromatic heterocycles. The first-order valence-corrected chi connectivity index (χ1v) is 5.41. The molecule has 0 fully saturated rings. The van der Waals surface area contributed by atoms with Crippen LogP contribution in [0.3, 0.4) is 0 Å². The monoisotopic (exact) mass is 200 g/mol. The van der Waals surface area contributed by atoms with Gasteiger partial charge in [0.25, 0.3) is 0 Å². The largest absolute Gasteiger partial charge is 0.300 e. The molecule has 15 heavy (non-hydrogen) atoms. The van der Waals surface area contributed by atoms with Gasteiger partial charge < -0.3 is 0 Å². The molecule has 2 rings (SSSR count). The summed E-state index contributed by atoms with van der Waals surface area (Å²) in [7, 11) is 0. The second-order valence-corrected chi connectivity index (χ2v) is 4.37. The van der Waals surface area contributed by atoms with E-state index in [1.807, 2.05) is 0 Å². The van der Waals surface area contributed by atoms with Gasteiger partial charge in [0.05, 0.1) is 0 Å². The maximum Gasteiger partial charge on any atom is 0.134 e. The van der Waals surface area contributed by atoms with Crippen LogP contribution >= 0.6 is 0 Å².